The van der Waals surface area contributed by atoms with E-state index in [9.17, 15) is 9.90 Å². The number of ether oxygens (including phenoxy) is 2. The molecule has 2 aromatic carbocycles. The topological polar surface area (TPSA) is 83.9 Å². The molecule has 1 aromatic heterocycles. The standard InChI is InChI=1S/C27H31N3O4/c1-17(2)34-26-24-21(12-13-28-26)29-22(16-33-15-14-30(3)4)25(27(31)32)23(24)20-11-7-9-18-8-5-6-10-19(18)20/h5-13,17,23,29H,14-16H2,1-4H3,(H,31,32). The third kappa shape index (κ3) is 4.90. The van der Waals surface area contributed by atoms with Crippen molar-refractivity contribution >= 4 is 22.4 Å². The molecule has 0 spiro atoms. The van der Waals surface area contributed by atoms with Crippen molar-refractivity contribution in [1.29, 1.82) is 0 Å². The number of benzene rings is 2. The summed E-state index contributed by atoms with van der Waals surface area (Å²) < 4.78 is 11.9. The number of hydrogen-bond donors (Lipinski definition) is 2. The summed E-state index contributed by atoms with van der Waals surface area (Å²) in [5.74, 6) is -1.14. The molecule has 2 heterocycles. The second kappa shape index (κ2) is 10.2. The molecule has 7 heteroatoms. The fraction of sp³-hybridized carbons (Fsp3) is 0.333. The number of anilines is 1. The van der Waals surface area contributed by atoms with Crippen LogP contribution in [0.15, 0.2) is 66.0 Å². The average molecular weight is 462 g/mol. The first kappa shape index (κ1) is 23.7. The van der Waals surface area contributed by atoms with Gasteiger partial charge in [0, 0.05) is 24.0 Å². The molecule has 0 radical (unpaired) electrons. The Kier molecular flexibility index (Phi) is 7.14. The average Bonchev–Trinajstić information content (AvgIpc) is 2.80. The monoisotopic (exact) mass is 461 g/mol. The number of rotatable bonds is 9. The van der Waals surface area contributed by atoms with Gasteiger partial charge in [-0.05, 0) is 50.3 Å². The zero-order chi connectivity index (χ0) is 24.2. The maximum absolute atomic E-state index is 12.7. The Hall–Kier alpha value is -3.42. The highest BCUT2D eigenvalue weighted by molar-refractivity contribution is 5.97. The van der Waals surface area contributed by atoms with Gasteiger partial charge in [0.1, 0.15) is 0 Å². The van der Waals surface area contributed by atoms with Gasteiger partial charge in [-0.2, -0.15) is 0 Å². The molecule has 34 heavy (non-hydrogen) atoms. The predicted octanol–water partition coefficient (Wildman–Crippen LogP) is 4.50. The lowest BCUT2D eigenvalue weighted by molar-refractivity contribution is -0.133. The first-order valence-electron chi connectivity index (χ1n) is 11.5. The van der Waals surface area contributed by atoms with Gasteiger partial charge in [-0.25, -0.2) is 9.78 Å². The summed E-state index contributed by atoms with van der Waals surface area (Å²) in [4.78, 5) is 19.3. The number of aromatic nitrogens is 1. The van der Waals surface area contributed by atoms with Gasteiger partial charge in [-0.15, -0.1) is 0 Å². The number of hydrogen-bond acceptors (Lipinski definition) is 6. The van der Waals surface area contributed by atoms with Crippen molar-refractivity contribution in [2.75, 3.05) is 39.2 Å². The number of nitrogens with one attached hydrogen (secondary N) is 1. The summed E-state index contributed by atoms with van der Waals surface area (Å²) in [5, 5.41) is 15.8. The SMILES string of the molecule is CC(C)Oc1nccc2c1C(c1cccc3ccccc13)C(C(=O)O)=C(COCCN(C)C)N2. The molecular weight excluding hydrogens is 430 g/mol. The van der Waals surface area contributed by atoms with Crippen LogP contribution in [0.3, 0.4) is 0 Å². The second-order valence-corrected chi connectivity index (χ2v) is 8.92. The van der Waals surface area contributed by atoms with Crippen LogP contribution in [0.1, 0.15) is 30.9 Å². The van der Waals surface area contributed by atoms with Crippen molar-refractivity contribution in [3.05, 3.63) is 77.1 Å². The van der Waals surface area contributed by atoms with Crippen molar-refractivity contribution in [3.63, 3.8) is 0 Å². The van der Waals surface area contributed by atoms with Crippen molar-refractivity contribution in [3.8, 4) is 5.88 Å². The number of aliphatic carboxylic acids is 1. The summed E-state index contributed by atoms with van der Waals surface area (Å²) in [5.41, 5.74) is 3.18. The number of fused-ring (bicyclic) bond motifs is 2. The number of likely N-dealkylation sites (N-methyl/N-ethyl adjacent to an activating group) is 1. The van der Waals surface area contributed by atoms with Crippen molar-refractivity contribution in [2.24, 2.45) is 0 Å². The molecular formula is C27H31N3O4. The first-order chi connectivity index (χ1) is 16.4. The van der Waals surface area contributed by atoms with Crippen LogP contribution in [0, 0.1) is 0 Å². The fourth-order valence-corrected chi connectivity index (χ4v) is 4.31. The third-order valence-corrected chi connectivity index (χ3v) is 5.78. The highest BCUT2D eigenvalue weighted by atomic mass is 16.5. The lowest BCUT2D eigenvalue weighted by Crippen LogP contribution is -2.28. The summed E-state index contributed by atoms with van der Waals surface area (Å²) in [6.45, 7) is 5.27. The lowest BCUT2D eigenvalue weighted by atomic mass is 9.79. The number of carboxylic acids is 1. The summed E-state index contributed by atoms with van der Waals surface area (Å²) >= 11 is 0. The molecule has 0 saturated heterocycles. The number of pyridine rings is 1. The highest BCUT2D eigenvalue weighted by Crippen LogP contribution is 2.47. The molecule has 7 nitrogen and oxygen atoms in total. The van der Waals surface area contributed by atoms with E-state index in [0.717, 1.165) is 34.1 Å². The van der Waals surface area contributed by atoms with Gasteiger partial charge in [0.2, 0.25) is 5.88 Å². The smallest absolute Gasteiger partial charge is 0.334 e. The van der Waals surface area contributed by atoms with Crippen LogP contribution in [0.25, 0.3) is 10.8 Å². The number of carboxylic acid groups (broad SMARTS) is 1. The minimum absolute atomic E-state index is 0.111. The quantitative estimate of drug-likeness (QED) is 0.454. The molecule has 3 aromatic rings. The molecule has 178 valence electrons. The summed E-state index contributed by atoms with van der Waals surface area (Å²) in [6.07, 6.45) is 1.57. The molecule has 2 N–H and O–H groups in total. The molecule has 1 atom stereocenters. The second-order valence-electron chi connectivity index (χ2n) is 8.92. The molecule has 0 aliphatic carbocycles. The van der Waals surface area contributed by atoms with E-state index in [2.05, 4.69) is 10.3 Å². The molecule has 4 rings (SSSR count). The third-order valence-electron chi connectivity index (χ3n) is 5.78. The zero-order valence-electron chi connectivity index (χ0n) is 20.0. The van der Waals surface area contributed by atoms with E-state index in [4.69, 9.17) is 9.47 Å². The summed E-state index contributed by atoms with van der Waals surface area (Å²) in [6, 6.07) is 15.9. The number of carbonyl (C=O) groups is 1. The molecule has 1 unspecified atom stereocenters. The predicted molar refractivity (Wildman–Crippen MR) is 133 cm³/mol. The first-order valence-corrected chi connectivity index (χ1v) is 11.5. The van der Waals surface area contributed by atoms with Crippen LogP contribution in [0.5, 0.6) is 5.88 Å². The van der Waals surface area contributed by atoms with E-state index in [-0.39, 0.29) is 18.3 Å². The molecule has 1 aliphatic rings. The Balaban J connectivity index is 1.91. The normalized spacial score (nSPS) is 15.5. The van der Waals surface area contributed by atoms with Crippen LogP contribution >= 0.6 is 0 Å². The van der Waals surface area contributed by atoms with Gasteiger partial charge < -0.3 is 24.8 Å². The minimum atomic E-state index is -0.998. The van der Waals surface area contributed by atoms with E-state index >= 15 is 0 Å². The van der Waals surface area contributed by atoms with Crippen LogP contribution in [0.2, 0.25) is 0 Å². The molecule has 0 bridgehead atoms. The molecule has 1 aliphatic heterocycles. The number of nitrogens with zero attached hydrogens (tertiary/aromatic N) is 2. The largest absolute Gasteiger partial charge is 0.478 e. The zero-order valence-corrected chi connectivity index (χ0v) is 20.0. The van der Waals surface area contributed by atoms with Crippen LogP contribution in [-0.2, 0) is 9.53 Å². The van der Waals surface area contributed by atoms with Crippen molar-refractivity contribution < 1.29 is 19.4 Å². The molecule has 0 saturated carbocycles. The van der Waals surface area contributed by atoms with E-state index < -0.39 is 11.9 Å². The Morgan fingerprint density at radius 3 is 2.65 bits per heavy atom. The van der Waals surface area contributed by atoms with Gasteiger partial charge in [-0.1, -0.05) is 42.5 Å². The Morgan fingerprint density at radius 1 is 1.15 bits per heavy atom. The van der Waals surface area contributed by atoms with Crippen molar-refractivity contribution in [1.82, 2.24) is 9.88 Å². The van der Waals surface area contributed by atoms with Gasteiger partial charge in [-0.3, -0.25) is 0 Å². The molecule has 0 amide bonds. The van der Waals surface area contributed by atoms with Gasteiger partial charge in [0.05, 0.1) is 36.5 Å². The van der Waals surface area contributed by atoms with E-state index in [0.29, 0.717) is 18.2 Å². The van der Waals surface area contributed by atoms with Gasteiger partial charge in [0.25, 0.3) is 0 Å². The van der Waals surface area contributed by atoms with Crippen LogP contribution < -0.4 is 10.1 Å². The van der Waals surface area contributed by atoms with Crippen LogP contribution in [0.4, 0.5) is 5.69 Å². The lowest BCUT2D eigenvalue weighted by Gasteiger charge is -2.32. The van der Waals surface area contributed by atoms with Gasteiger partial charge in [0.15, 0.2) is 0 Å². The van der Waals surface area contributed by atoms with E-state index in [1.807, 2.05) is 81.4 Å². The molecule has 0 fully saturated rings. The summed E-state index contributed by atoms with van der Waals surface area (Å²) in [7, 11) is 3.94. The highest BCUT2D eigenvalue weighted by Gasteiger charge is 2.37. The fourth-order valence-electron chi connectivity index (χ4n) is 4.31. The Morgan fingerprint density at radius 2 is 1.91 bits per heavy atom. The van der Waals surface area contributed by atoms with E-state index in [1.165, 1.54) is 0 Å². The maximum atomic E-state index is 12.7. The minimum Gasteiger partial charge on any atom is -0.478 e. The Bertz CT molecular complexity index is 1210. The van der Waals surface area contributed by atoms with Crippen LogP contribution in [-0.4, -0.2) is 60.9 Å². The van der Waals surface area contributed by atoms with Crippen molar-refractivity contribution in [2.45, 2.75) is 25.9 Å². The maximum Gasteiger partial charge on any atom is 0.334 e. The Labute approximate surface area is 200 Å². The van der Waals surface area contributed by atoms with Gasteiger partial charge >= 0.3 is 5.97 Å². The van der Waals surface area contributed by atoms with E-state index in [1.54, 1.807) is 6.20 Å².